The van der Waals surface area contributed by atoms with E-state index in [1.54, 1.807) is 29.3 Å². The summed E-state index contributed by atoms with van der Waals surface area (Å²) in [6.07, 6.45) is 2.40. The Hall–Kier alpha value is -2.87. The number of aromatic nitrogens is 1. The van der Waals surface area contributed by atoms with Crippen molar-refractivity contribution in [2.75, 3.05) is 26.2 Å². The highest BCUT2D eigenvalue weighted by molar-refractivity contribution is 6.01. The molecule has 0 spiro atoms. The molecule has 2 heterocycles. The van der Waals surface area contributed by atoms with Gasteiger partial charge in [0.15, 0.2) is 0 Å². The maximum atomic E-state index is 11.8. The summed E-state index contributed by atoms with van der Waals surface area (Å²) in [7, 11) is 0. The molecule has 0 unspecified atom stereocenters. The Labute approximate surface area is 163 Å². The van der Waals surface area contributed by atoms with Crippen molar-refractivity contribution < 1.29 is 19.1 Å². The summed E-state index contributed by atoms with van der Waals surface area (Å²) in [5.41, 5.74) is 11.8. The minimum atomic E-state index is -0.568. The quantitative estimate of drug-likeness (QED) is 0.740. The van der Waals surface area contributed by atoms with E-state index < -0.39 is 5.91 Å². The molecule has 1 atom stereocenters. The fraction of sp³-hybridized carbons (Fsp3) is 0.450. The standard InChI is InChI=1S/C20H26N4O4/c1-12(2)28-18-8-14-16(7-15(18)20(22)26)23-5-3-17(14)27-11-13-4-6-24(10-13)19(25)9-21/h3,5,7-8,12-13H,4,6,9-11,21H2,1-2H3,(H2,22,26)/t13-/m0/s1. The zero-order chi connectivity index (χ0) is 20.3. The topological polar surface area (TPSA) is 121 Å². The van der Waals surface area contributed by atoms with Crippen LogP contribution in [0.1, 0.15) is 30.6 Å². The fourth-order valence-corrected chi connectivity index (χ4v) is 3.35. The van der Waals surface area contributed by atoms with Crippen LogP contribution in [0.4, 0.5) is 0 Å². The number of rotatable bonds is 7. The van der Waals surface area contributed by atoms with Crippen LogP contribution in [0, 0.1) is 5.92 Å². The number of amides is 2. The molecule has 8 heteroatoms. The Balaban J connectivity index is 1.81. The van der Waals surface area contributed by atoms with Gasteiger partial charge in [0.25, 0.3) is 5.91 Å². The van der Waals surface area contributed by atoms with E-state index in [-0.39, 0.29) is 30.0 Å². The molecule has 3 rings (SSSR count). The molecule has 0 radical (unpaired) electrons. The molecule has 2 amide bonds. The average molecular weight is 386 g/mol. The summed E-state index contributed by atoms with van der Waals surface area (Å²) >= 11 is 0. The zero-order valence-corrected chi connectivity index (χ0v) is 16.2. The van der Waals surface area contributed by atoms with Gasteiger partial charge in [-0.2, -0.15) is 0 Å². The molecule has 1 aromatic heterocycles. The van der Waals surface area contributed by atoms with E-state index in [1.165, 1.54) is 0 Å². The Kier molecular flexibility index (Phi) is 5.99. The van der Waals surface area contributed by atoms with Gasteiger partial charge in [-0.05, 0) is 38.5 Å². The van der Waals surface area contributed by atoms with E-state index >= 15 is 0 Å². The summed E-state index contributed by atoms with van der Waals surface area (Å²) in [5, 5.41) is 0.746. The summed E-state index contributed by atoms with van der Waals surface area (Å²) in [5.74, 6) is 0.703. The van der Waals surface area contributed by atoms with Crippen LogP contribution in [0.2, 0.25) is 0 Å². The molecule has 150 valence electrons. The number of likely N-dealkylation sites (tertiary alicyclic amines) is 1. The Morgan fingerprint density at radius 3 is 2.79 bits per heavy atom. The van der Waals surface area contributed by atoms with Gasteiger partial charge in [0.1, 0.15) is 11.5 Å². The number of primary amides is 1. The van der Waals surface area contributed by atoms with Crippen molar-refractivity contribution in [1.82, 2.24) is 9.88 Å². The maximum Gasteiger partial charge on any atom is 0.252 e. The first-order valence-corrected chi connectivity index (χ1v) is 9.39. The highest BCUT2D eigenvalue weighted by atomic mass is 16.5. The Morgan fingerprint density at radius 2 is 2.11 bits per heavy atom. The van der Waals surface area contributed by atoms with Crippen LogP contribution in [-0.4, -0.2) is 54.0 Å². The third-order valence-corrected chi connectivity index (χ3v) is 4.72. The van der Waals surface area contributed by atoms with Crippen molar-refractivity contribution in [2.24, 2.45) is 17.4 Å². The normalized spacial score (nSPS) is 16.6. The van der Waals surface area contributed by atoms with Crippen molar-refractivity contribution in [2.45, 2.75) is 26.4 Å². The van der Waals surface area contributed by atoms with E-state index in [2.05, 4.69) is 4.98 Å². The van der Waals surface area contributed by atoms with Crippen molar-refractivity contribution >= 4 is 22.7 Å². The number of carbonyl (C=O) groups excluding carboxylic acids is 2. The van der Waals surface area contributed by atoms with Crippen molar-refractivity contribution in [3.05, 3.63) is 30.0 Å². The number of ether oxygens (including phenoxy) is 2. The van der Waals surface area contributed by atoms with Crippen LogP contribution >= 0.6 is 0 Å². The molecule has 0 bridgehead atoms. The van der Waals surface area contributed by atoms with Gasteiger partial charge in [-0.3, -0.25) is 14.6 Å². The van der Waals surface area contributed by atoms with Gasteiger partial charge < -0.3 is 25.8 Å². The SMILES string of the molecule is CC(C)Oc1cc2c(OC[C@H]3CCN(C(=O)CN)C3)ccnc2cc1C(N)=O. The number of nitrogens with two attached hydrogens (primary N) is 2. The smallest absolute Gasteiger partial charge is 0.252 e. The third-order valence-electron chi connectivity index (χ3n) is 4.72. The number of hydrogen-bond acceptors (Lipinski definition) is 6. The molecule has 1 aliphatic rings. The van der Waals surface area contributed by atoms with Gasteiger partial charge in [-0.25, -0.2) is 0 Å². The second-order valence-corrected chi connectivity index (χ2v) is 7.22. The number of hydrogen-bond donors (Lipinski definition) is 2. The largest absolute Gasteiger partial charge is 0.492 e. The summed E-state index contributed by atoms with van der Waals surface area (Å²) in [4.78, 5) is 29.6. The van der Waals surface area contributed by atoms with Crippen LogP contribution in [0.15, 0.2) is 24.4 Å². The van der Waals surface area contributed by atoms with Gasteiger partial charge in [0, 0.05) is 30.6 Å². The number of pyridine rings is 1. The minimum absolute atomic E-state index is 0.0311. The first-order valence-electron chi connectivity index (χ1n) is 9.39. The molecule has 8 nitrogen and oxygen atoms in total. The molecule has 28 heavy (non-hydrogen) atoms. The Bertz CT molecular complexity index is 884. The average Bonchev–Trinajstić information content (AvgIpc) is 3.13. The summed E-state index contributed by atoms with van der Waals surface area (Å²) in [6.45, 7) is 5.62. The summed E-state index contributed by atoms with van der Waals surface area (Å²) < 4.78 is 11.8. The van der Waals surface area contributed by atoms with Crippen LogP contribution in [0.5, 0.6) is 11.5 Å². The molecule has 4 N–H and O–H groups in total. The molecular formula is C20H26N4O4. The lowest BCUT2D eigenvalue weighted by Gasteiger charge is -2.17. The van der Waals surface area contributed by atoms with E-state index in [0.717, 1.165) is 11.8 Å². The summed E-state index contributed by atoms with van der Waals surface area (Å²) in [6, 6.07) is 5.15. The molecule has 1 aromatic carbocycles. The lowest BCUT2D eigenvalue weighted by atomic mass is 10.1. The number of benzene rings is 1. The second kappa shape index (κ2) is 8.43. The first kappa shape index (κ1) is 19.9. The second-order valence-electron chi connectivity index (χ2n) is 7.22. The minimum Gasteiger partial charge on any atom is -0.492 e. The van der Waals surface area contributed by atoms with Gasteiger partial charge in [0.2, 0.25) is 5.91 Å². The molecule has 0 saturated carbocycles. The lowest BCUT2D eigenvalue weighted by molar-refractivity contribution is -0.128. The van der Waals surface area contributed by atoms with Crippen LogP contribution in [0.3, 0.4) is 0 Å². The van der Waals surface area contributed by atoms with Crippen LogP contribution in [-0.2, 0) is 4.79 Å². The molecule has 2 aromatic rings. The van der Waals surface area contributed by atoms with Crippen molar-refractivity contribution in [3.8, 4) is 11.5 Å². The molecule has 1 fully saturated rings. The molecular weight excluding hydrogens is 360 g/mol. The molecule has 0 aliphatic carbocycles. The van der Waals surface area contributed by atoms with Crippen LogP contribution < -0.4 is 20.9 Å². The number of fused-ring (bicyclic) bond motifs is 1. The van der Waals surface area contributed by atoms with E-state index in [1.807, 2.05) is 13.8 Å². The van der Waals surface area contributed by atoms with E-state index in [0.29, 0.717) is 36.7 Å². The third kappa shape index (κ3) is 4.33. The fourth-order valence-electron chi connectivity index (χ4n) is 3.35. The van der Waals surface area contributed by atoms with E-state index in [9.17, 15) is 9.59 Å². The molecule has 1 aliphatic heterocycles. The molecule has 1 saturated heterocycles. The Morgan fingerprint density at radius 1 is 1.32 bits per heavy atom. The van der Waals surface area contributed by atoms with Gasteiger partial charge >= 0.3 is 0 Å². The monoisotopic (exact) mass is 386 g/mol. The predicted octanol–water partition coefficient (Wildman–Crippen LogP) is 1.31. The highest BCUT2D eigenvalue weighted by Gasteiger charge is 2.26. The van der Waals surface area contributed by atoms with Gasteiger partial charge in [-0.15, -0.1) is 0 Å². The van der Waals surface area contributed by atoms with Gasteiger partial charge in [0.05, 0.1) is 30.3 Å². The number of nitrogens with zero attached hydrogens (tertiary/aromatic N) is 2. The highest BCUT2D eigenvalue weighted by Crippen LogP contribution is 2.32. The maximum absolute atomic E-state index is 11.8. The predicted molar refractivity (Wildman–Crippen MR) is 105 cm³/mol. The number of carbonyl (C=O) groups is 2. The lowest BCUT2D eigenvalue weighted by Crippen LogP contribution is -2.34. The first-order chi connectivity index (χ1) is 13.4. The van der Waals surface area contributed by atoms with Gasteiger partial charge in [-0.1, -0.05) is 0 Å². The van der Waals surface area contributed by atoms with E-state index in [4.69, 9.17) is 20.9 Å². The van der Waals surface area contributed by atoms with Crippen molar-refractivity contribution in [3.63, 3.8) is 0 Å². The van der Waals surface area contributed by atoms with Crippen LogP contribution in [0.25, 0.3) is 10.9 Å². The zero-order valence-electron chi connectivity index (χ0n) is 16.2. The van der Waals surface area contributed by atoms with Crippen molar-refractivity contribution in [1.29, 1.82) is 0 Å².